The monoisotopic (exact) mass is 289 g/mol. The summed E-state index contributed by atoms with van der Waals surface area (Å²) in [5, 5.41) is 0.674. The second-order valence-electron chi connectivity index (χ2n) is 4.81. The molecule has 2 aromatic rings. The third kappa shape index (κ3) is 3.99. The Kier molecular flexibility index (Phi) is 5.45. The van der Waals surface area contributed by atoms with Crippen LogP contribution in [0.15, 0.2) is 42.5 Å². The number of unbranched alkanes of at least 4 members (excludes halogenated alkanes) is 1. The molecule has 0 unspecified atom stereocenters. The fourth-order valence-electron chi connectivity index (χ4n) is 2.04. The zero-order chi connectivity index (χ0) is 14.4. The molecule has 0 atom stereocenters. The predicted molar refractivity (Wildman–Crippen MR) is 84.5 cm³/mol. The maximum absolute atomic E-state index is 5.96. The largest absolute Gasteiger partial charge is 0.457 e. The lowest BCUT2D eigenvalue weighted by molar-refractivity contribution is 0.476. The summed E-state index contributed by atoms with van der Waals surface area (Å²) < 4.78 is 5.88. The van der Waals surface area contributed by atoms with Crippen molar-refractivity contribution in [2.75, 3.05) is 0 Å². The molecule has 0 aromatic heterocycles. The molecular weight excluding hydrogens is 270 g/mol. The van der Waals surface area contributed by atoms with Crippen LogP contribution in [-0.4, -0.2) is 0 Å². The predicted octanol–water partition coefficient (Wildman–Crippen LogP) is 4.93. The smallest absolute Gasteiger partial charge is 0.132 e. The van der Waals surface area contributed by atoms with E-state index in [1.807, 2.05) is 30.3 Å². The van der Waals surface area contributed by atoms with Crippen LogP contribution in [0.4, 0.5) is 0 Å². The van der Waals surface area contributed by atoms with Gasteiger partial charge in [-0.25, -0.2) is 0 Å². The van der Waals surface area contributed by atoms with Gasteiger partial charge >= 0.3 is 0 Å². The SMILES string of the molecule is CCCCc1ccc(Oc2ccc(Cl)cc2CN)cc1. The molecule has 0 spiro atoms. The van der Waals surface area contributed by atoms with Gasteiger partial charge in [0.25, 0.3) is 0 Å². The lowest BCUT2D eigenvalue weighted by Gasteiger charge is -2.11. The maximum Gasteiger partial charge on any atom is 0.132 e. The summed E-state index contributed by atoms with van der Waals surface area (Å²) in [6.45, 7) is 2.61. The molecule has 2 rings (SSSR count). The molecule has 2 nitrogen and oxygen atoms in total. The van der Waals surface area contributed by atoms with Crippen LogP contribution in [0.1, 0.15) is 30.9 Å². The number of nitrogens with two attached hydrogens (primary N) is 1. The van der Waals surface area contributed by atoms with Crippen LogP contribution in [0.2, 0.25) is 5.02 Å². The number of hydrogen-bond acceptors (Lipinski definition) is 2. The van der Waals surface area contributed by atoms with Gasteiger partial charge in [0.1, 0.15) is 11.5 Å². The average Bonchev–Trinajstić information content (AvgIpc) is 2.48. The Hall–Kier alpha value is -1.51. The Morgan fingerprint density at radius 1 is 1.10 bits per heavy atom. The number of halogens is 1. The molecular formula is C17H20ClNO. The zero-order valence-electron chi connectivity index (χ0n) is 11.7. The van der Waals surface area contributed by atoms with Crippen molar-refractivity contribution in [2.24, 2.45) is 5.73 Å². The van der Waals surface area contributed by atoms with Crippen LogP contribution in [0.25, 0.3) is 0 Å². The van der Waals surface area contributed by atoms with Gasteiger partial charge in [-0.3, -0.25) is 0 Å². The van der Waals surface area contributed by atoms with Gasteiger partial charge in [-0.15, -0.1) is 0 Å². The van der Waals surface area contributed by atoms with Crippen molar-refractivity contribution in [2.45, 2.75) is 32.7 Å². The quantitative estimate of drug-likeness (QED) is 0.818. The average molecular weight is 290 g/mol. The van der Waals surface area contributed by atoms with Crippen molar-refractivity contribution in [1.82, 2.24) is 0 Å². The van der Waals surface area contributed by atoms with Crippen molar-refractivity contribution >= 4 is 11.6 Å². The van der Waals surface area contributed by atoms with Crippen molar-refractivity contribution < 1.29 is 4.74 Å². The van der Waals surface area contributed by atoms with Crippen LogP contribution < -0.4 is 10.5 Å². The van der Waals surface area contributed by atoms with E-state index in [4.69, 9.17) is 22.1 Å². The number of rotatable bonds is 6. The minimum atomic E-state index is 0.407. The highest BCUT2D eigenvalue weighted by Gasteiger charge is 2.05. The van der Waals surface area contributed by atoms with Crippen molar-refractivity contribution in [1.29, 1.82) is 0 Å². The normalized spacial score (nSPS) is 10.6. The first-order chi connectivity index (χ1) is 9.72. The van der Waals surface area contributed by atoms with E-state index in [1.54, 1.807) is 0 Å². The highest BCUT2D eigenvalue weighted by atomic mass is 35.5. The molecule has 0 aliphatic heterocycles. The minimum Gasteiger partial charge on any atom is -0.457 e. The topological polar surface area (TPSA) is 35.2 Å². The third-order valence-electron chi connectivity index (χ3n) is 3.21. The molecule has 2 N–H and O–H groups in total. The maximum atomic E-state index is 5.96. The van der Waals surface area contributed by atoms with Gasteiger partial charge in [0.05, 0.1) is 0 Å². The summed E-state index contributed by atoms with van der Waals surface area (Å²) in [6.07, 6.45) is 3.55. The first-order valence-electron chi connectivity index (χ1n) is 6.98. The molecule has 0 radical (unpaired) electrons. The highest BCUT2D eigenvalue weighted by molar-refractivity contribution is 6.30. The molecule has 0 aliphatic rings. The third-order valence-corrected chi connectivity index (χ3v) is 3.45. The van der Waals surface area contributed by atoms with E-state index >= 15 is 0 Å². The number of benzene rings is 2. The molecule has 106 valence electrons. The van der Waals surface area contributed by atoms with E-state index in [-0.39, 0.29) is 0 Å². The van der Waals surface area contributed by atoms with Gasteiger partial charge in [-0.1, -0.05) is 37.1 Å². The molecule has 2 aromatic carbocycles. The Bertz CT molecular complexity index is 551. The molecule has 0 heterocycles. The van der Waals surface area contributed by atoms with E-state index < -0.39 is 0 Å². The van der Waals surface area contributed by atoms with Crippen LogP contribution in [0.5, 0.6) is 11.5 Å². The minimum absolute atomic E-state index is 0.407. The second kappa shape index (κ2) is 7.32. The molecule has 0 fully saturated rings. The summed E-state index contributed by atoms with van der Waals surface area (Å²) in [5.74, 6) is 1.58. The van der Waals surface area contributed by atoms with E-state index in [9.17, 15) is 0 Å². The van der Waals surface area contributed by atoms with Gasteiger partial charge in [0.2, 0.25) is 0 Å². The summed E-state index contributed by atoms with van der Waals surface area (Å²) >= 11 is 5.96. The molecule has 3 heteroatoms. The number of ether oxygens (including phenoxy) is 1. The summed E-state index contributed by atoms with van der Waals surface area (Å²) in [7, 11) is 0. The second-order valence-corrected chi connectivity index (χ2v) is 5.24. The van der Waals surface area contributed by atoms with E-state index in [2.05, 4.69) is 19.1 Å². The van der Waals surface area contributed by atoms with Gasteiger partial charge in [-0.2, -0.15) is 0 Å². The van der Waals surface area contributed by atoms with Crippen LogP contribution in [0, 0.1) is 0 Å². The van der Waals surface area contributed by atoms with E-state index in [1.165, 1.54) is 18.4 Å². The fraction of sp³-hybridized carbons (Fsp3) is 0.294. The van der Waals surface area contributed by atoms with Crippen molar-refractivity contribution in [3.05, 3.63) is 58.6 Å². The summed E-state index contributed by atoms with van der Waals surface area (Å²) in [5.41, 5.74) is 7.97. The highest BCUT2D eigenvalue weighted by Crippen LogP contribution is 2.28. The number of hydrogen-bond donors (Lipinski definition) is 1. The van der Waals surface area contributed by atoms with Crippen LogP contribution in [0.3, 0.4) is 0 Å². The first-order valence-corrected chi connectivity index (χ1v) is 7.36. The summed E-state index contributed by atoms with van der Waals surface area (Å²) in [6, 6.07) is 13.7. The summed E-state index contributed by atoms with van der Waals surface area (Å²) in [4.78, 5) is 0. The molecule has 20 heavy (non-hydrogen) atoms. The number of aryl methyl sites for hydroxylation is 1. The van der Waals surface area contributed by atoms with Gasteiger partial charge < -0.3 is 10.5 Å². The standard InChI is InChI=1S/C17H20ClNO/c1-2-3-4-13-5-8-16(9-6-13)20-17-10-7-15(18)11-14(17)12-19/h5-11H,2-4,12,19H2,1H3. The van der Waals surface area contributed by atoms with Gasteiger partial charge in [0.15, 0.2) is 0 Å². The van der Waals surface area contributed by atoms with Gasteiger partial charge in [0, 0.05) is 17.1 Å². The lowest BCUT2D eigenvalue weighted by Crippen LogP contribution is -1.99. The fourth-order valence-corrected chi connectivity index (χ4v) is 2.23. The first kappa shape index (κ1) is 14.9. The molecule has 0 saturated carbocycles. The Balaban J connectivity index is 2.10. The molecule has 0 bridgehead atoms. The Labute approximate surface area is 125 Å². The van der Waals surface area contributed by atoms with Crippen molar-refractivity contribution in [3.8, 4) is 11.5 Å². The molecule has 0 aliphatic carbocycles. The van der Waals surface area contributed by atoms with E-state index in [0.29, 0.717) is 11.6 Å². The zero-order valence-corrected chi connectivity index (χ0v) is 12.5. The lowest BCUT2D eigenvalue weighted by atomic mass is 10.1. The van der Waals surface area contributed by atoms with Crippen molar-refractivity contribution in [3.63, 3.8) is 0 Å². The van der Waals surface area contributed by atoms with E-state index in [0.717, 1.165) is 23.5 Å². The Morgan fingerprint density at radius 2 is 1.85 bits per heavy atom. The molecule has 0 amide bonds. The Morgan fingerprint density at radius 3 is 2.50 bits per heavy atom. The van der Waals surface area contributed by atoms with Crippen LogP contribution in [-0.2, 0) is 13.0 Å². The van der Waals surface area contributed by atoms with Crippen LogP contribution >= 0.6 is 11.6 Å². The molecule has 0 saturated heterocycles. The van der Waals surface area contributed by atoms with Gasteiger partial charge in [-0.05, 0) is 48.7 Å².